The van der Waals surface area contributed by atoms with E-state index in [1.807, 2.05) is 53.5 Å². The summed E-state index contributed by atoms with van der Waals surface area (Å²) in [5, 5.41) is 12.1. The lowest BCUT2D eigenvalue weighted by molar-refractivity contribution is 0.686. The van der Waals surface area contributed by atoms with Crippen molar-refractivity contribution in [3.8, 4) is 5.82 Å². The first-order chi connectivity index (χ1) is 12.4. The molecule has 4 rings (SSSR count). The van der Waals surface area contributed by atoms with Gasteiger partial charge in [-0.2, -0.15) is 10.2 Å². The molecule has 4 aromatic rings. The molecule has 0 aliphatic carbocycles. The summed E-state index contributed by atoms with van der Waals surface area (Å²) in [5.74, 6) is 0.782. The zero-order valence-corrected chi connectivity index (χ0v) is 13.7. The van der Waals surface area contributed by atoms with Gasteiger partial charge in [0.25, 0.3) is 0 Å². The van der Waals surface area contributed by atoms with Crippen molar-refractivity contribution in [3.63, 3.8) is 0 Å². The zero-order chi connectivity index (χ0) is 16.9. The van der Waals surface area contributed by atoms with Crippen molar-refractivity contribution >= 4 is 5.69 Å². The van der Waals surface area contributed by atoms with Crippen molar-refractivity contribution in [2.75, 3.05) is 5.32 Å². The molecule has 124 valence electrons. The van der Waals surface area contributed by atoms with E-state index in [4.69, 9.17) is 0 Å². The number of anilines is 1. The Morgan fingerprint density at radius 3 is 2.64 bits per heavy atom. The minimum Gasteiger partial charge on any atom is -0.378 e. The van der Waals surface area contributed by atoms with Crippen LogP contribution in [0.3, 0.4) is 0 Å². The van der Waals surface area contributed by atoms with Gasteiger partial charge in [-0.25, -0.2) is 9.67 Å². The summed E-state index contributed by atoms with van der Waals surface area (Å²) >= 11 is 0. The van der Waals surface area contributed by atoms with Crippen molar-refractivity contribution in [1.82, 2.24) is 24.5 Å². The molecule has 0 saturated carbocycles. The molecule has 25 heavy (non-hydrogen) atoms. The molecule has 0 unspecified atom stereocenters. The Morgan fingerprint density at radius 2 is 1.80 bits per heavy atom. The predicted octanol–water partition coefficient (Wildman–Crippen LogP) is 3.12. The number of aromatic nitrogens is 5. The van der Waals surface area contributed by atoms with Crippen molar-refractivity contribution in [1.29, 1.82) is 0 Å². The van der Waals surface area contributed by atoms with Crippen LogP contribution in [0, 0.1) is 0 Å². The van der Waals surface area contributed by atoms with Crippen LogP contribution in [0.1, 0.15) is 11.1 Å². The smallest absolute Gasteiger partial charge is 0.176 e. The molecule has 0 amide bonds. The van der Waals surface area contributed by atoms with Gasteiger partial charge in [-0.3, -0.25) is 4.68 Å². The molecule has 0 atom stereocenters. The molecular weight excluding hydrogens is 312 g/mol. The Kier molecular flexibility index (Phi) is 4.24. The van der Waals surface area contributed by atoms with E-state index < -0.39 is 0 Å². The highest BCUT2D eigenvalue weighted by molar-refractivity contribution is 5.56. The summed E-state index contributed by atoms with van der Waals surface area (Å²) < 4.78 is 3.70. The van der Waals surface area contributed by atoms with Gasteiger partial charge in [0.15, 0.2) is 5.82 Å². The molecule has 0 fully saturated rings. The molecular formula is C19H18N6. The third-order valence-electron chi connectivity index (χ3n) is 3.87. The van der Waals surface area contributed by atoms with Gasteiger partial charge in [-0.1, -0.05) is 30.3 Å². The van der Waals surface area contributed by atoms with Gasteiger partial charge in [0.2, 0.25) is 0 Å². The van der Waals surface area contributed by atoms with Gasteiger partial charge >= 0.3 is 0 Å². The van der Waals surface area contributed by atoms with Gasteiger partial charge in [0, 0.05) is 36.9 Å². The second kappa shape index (κ2) is 7.00. The zero-order valence-electron chi connectivity index (χ0n) is 13.7. The summed E-state index contributed by atoms with van der Waals surface area (Å²) in [5.41, 5.74) is 3.28. The highest BCUT2D eigenvalue weighted by Gasteiger charge is 2.06. The van der Waals surface area contributed by atoms with Crippen LogP contribution in [0.25, 0.3) is 5.82 Å². The normalized spacial score (nSPS) is 10.7. The lowest BCUT2D eigenvalue weighted by Crippen LogP contribution is -2.06. The predicted molar refractivity (Wildman–Crippen MR) is 96.5 cm³/mol. The fourth-order valence-corrected chi connectivity index (χ4v) is 2.66. The van der Waals surface area contributed by atoms with E-state index >= 15 is 0 Å². The average Bonchev–Trinajstić information content (AvgIpc) is 3.33. The highest BCUT2D eigenvalue weighted by atomic mass is 15.3. The quantitative estimate of drug-likeness (QED) is 0.590. The molecule has 0 aliphatic rings. The van der Waals surface area contributed by atoms with Crippen LogP contribution in [-0.2, 0) is 13.1 Å². The first kappa shape index (κ1) is 15.1. The maximum absolute atomic E-state index is 4.44. The third-order valence-corrected chi connectivity index (χ3v) is 3.87. The molecule has 0 radical (unpaired) electrons. The first-order valence-electron chi connectivity index (χ1n) is 8.13. The Balaban J connectivity index is 1.44. The number of hydrogen-bond acceptors (Lipinski definition) is 4. The molecule has 6 heteroatoms. The minimum atomic E-state index is 0.675. The summed E-state index contributed by atoms with van der Waals surface area (Å²) in [6.45, 7) is 1.45. The fourth-order valence-electron chi connectivity index (χ4n) is 2.66. The highest BCUT2D eigenvalue weighted by Crippen LogP contribution is 2.17. The number of hydrogen-bond donors (Lipinski definition) is 1. The van der Waals surface area contributed by atoms with E-state index in [1.54, 1.807) is 17.1 Å². The number of nitrogens with zero attached hydrogens (tertiary/aromatic N) is 5. The Bertz CT molecular complexity index is 927. The topological polar surface area (TPSA) is 60.6 Å². The summed E-state index contributed by atoms with van der Waals surface area (Å²) in [4.78, 5) is 4.41. The van der Waals surface area contributed by atoms with E-state index in [0.29, 0.717) is 6.54 Å². The lowest BCUT2D eigenvalue weighted by atomic mass is 10.2. The van der Waals surface area contributed by atoms with Gasteiger partial charge in [-0.15, -0.1) is 0 Å². The third kappa shape index (κ3) is 3.58. The van der Waals surface area contributed by atoms with Crippen molar-refractivity contribution in [2.45, 2.75) is 13.1 Å². The molecule has 3 heterocycles. The molecule has 0 spiro atoms. The summed E-state index contributed by atoms with van der Waals surface area (Å²) in [7, 11) is 0. The van der Waals surface area contributed by atoms with Crippen LogP contribution in [-0.4, -0.2) is 24.5 Å². The van der Waals surface area contributed by atoms with Crippen LogP contribution in [0.4, 0.5) is 5.69 Å². The molecule has 1 aromatic carbocycles. The number of pyridine rings is 1. The molecule has 1 N–H and O–H groups in total. The van der Waals surface area contributed by atoms with Crippen LogP contribution in [0.2, 0.25) is 0 Å². The Hall–Kier alpha value is -3.41. The Morgan fingerprint density at radius 1 is 0.880 bits per heavy atom. The number of nitrogens with one attached hydrogen (secondary N) is 1. The molecule has 0 saturated heterocycles. The van der Waals surface area contributed by atoms with Gasteiger partial charge in [0.1, 0.15) is 0 Å². The minimum absolute atomic E-state index is 0.675. The maximum Gasteiger partial charge on any atom is 0.176 e. The van der Waals surface area contributed by atoms with E-state index in [9.17, 15) is 0 Å². The van der Waals surface area contributed by atoms with Crippen LogP contribution >= 0.6 is 0 Å². The van der Waals surface area contributed by atoms with Gasteiger partial charge in [0.05, 0.1) is 18.4 Å². The van der Waals surface area contributed by atoms with Crippen molar-refractivity contribution in [2.24, 2.45) is 0 Å². The van der Waals surface area contributed by atoms with Crippen LogP contribution < -0.4 is 5.32 Å². The lowest BCUT2D eigenvalue weighted by Gasteiger charge is -2.10. The largest absolute Gasteiger partial charge is 0.378 e. The monoisotopic (exact) mass is 330 g/mol. The summed E-state index contributed by atoms with van der Waals surface area (Å²) in [6.07, 6.45) is 9.33. The fraction of sp³-hybridized carbons (Fsp3) is 0.105. The molecule has 3 aromatic heterocycles. The van der Waals surface area contributed by atoms with Crippen molar-refractivity contribution < 1.29 is 0 Å². The van der Waals surface area contributed by atoms with Gasteiger partial charge in [-0.05, 0) is 23.8 Å². The average molecular weight is 330 g/mol. The van der Waals surface area contributed by atoms with E-state index in [0.717, 1.165) is 23.6 Å². The maximum atomic E-state index is 4.44. The number of rotatable bonds is 6. The van der Waals surface area contributed by atoms with Crippen molar-refractivity contribution in [3.05, 3.63) is 90.6 Å². The second-order valence-corrected chi connectivity index (χ2v) is 5.71. The summed E-state index contributed by atoms with van der Waals surface area (Å²) in [6, 6.07) is 16.1. The Labute approximate surface area is 145 Å². The molecule has 0 bridgehead atoms. The first-order valence-corrected chi connectivity index (χ1v) is 8.13. The van der Waals surface area contributed by atoms with E-state index in [-0.39, 0.29) is 0 Å². The molecule has 6 nitrogen and oxygen atoms in total. The molecule has 0 aliphatic heterocycles. The van der Waals surface area contributed by atoms with Crippen LogP contribution in [0.5, 0.6) is 0 Å². The van der Waals surface area contributed by atoms with E-state index in [2.05, 4.69) is 38.8 Å². The second-order valence-electron chi connectivity index (χ2n) is 5.71. The van der Waals surface area contributed by atoms with Crippen LogP contribution in [0.15, 0.2) is 79.5 Å². The SMILES string of the molecule is c1ccc(Cn2cc(CNc3cccnc3-n3cccn3)cn2)cc1. The number of benzene rings is 1. The standard InChI is InChI=1S/C19H18N6/c1-2-6-16(7-3-1)14-24-15-17(13-23-24)12-21-18-8-4-9-20-19(18)25-11-5-10-22-25/h1-11,13,15,21H,12,14H2. The van der Waals surface area contributed by atoms with E-state index in [1.165, 1.54) is 5.56 Å². The van der Waals surface area contributed by atoms with Gasteiger partial charge < -0.3 is 5.32 Å².